The Morgan fingerprint density at radius 2 is 1.83 bits per heavy atom. The van der Waals surface area contributed by atoms with Gasteiger partial charge in [-0.15, -0.1) is 0 Å². The summed E-state index contributed by atoms with van der Waals surface area (Å²) in [7, 11) is 2.93. The molecule has 10 heteroatoms. The summed E-state index contributed by atoms with van der Waals surface area (Å²) in [6.45, 7) is 1.25. The van der Waals surface area contributed by atoms with Gasteiger partial charge in [0.1, 0.15) is 11.6 Å². The van der Waals surface area contributed by atoms with Crippen LogP contribution in [-0.2, 0) is 20.6 Å². The molecule has 1 aliphatic rings. The van der Waals surface area contributed by atoms with E-state index in [1.807, 2.05) is 4.90 Å². The number of nitrogens with zero attached hydrogens (tertiary/aromatic N) is 5. The lowest BCUT2D eigenvalue weighted by Gasteiger charge is -2.31. The minimum absolute atomic E-state index is 0.0275. The predicted molar refractivity (Wildman–Crippen MR) is 105 cm³/mol. The largest absolute Gasteiger partial charge is 0.341 e. The number of aryl methyl sites for hydroxylation is 1. The van der Waals surface area contributed by atoms with E-state index in [1.54, 1.807) is 4.57 Å². The van der Waals surface area contributed by atoms with Gasteiger partial charge in [-0.2, -0.15) is 4.98 Å². The molecule has 0 spiro atoms. The van der Waals surface area contributed by atoms with Gasteiger partial charge in [-0.05, 0) is 30.5 Å². The zero-order valence-electron chi connectivity index (χ0n) is 16.2. The van der Waals surface area contributed by atoms with Crippen molar-refractivity contribution in [1.29, 1.82) is 0 Å². The minimum atomic E-state index is -0.703. The third kappa shape index (κ3) is 3.33. The molecule has 1 aliphatic heterocycles. The molecule has 1 atom stereocenters. The van der Waals surface area contributed by atoms with Gasteiger partial charge in [-0.1, -0.05) is 0 Å². The Kier molecular flexibility index (Phi) is 4.73. The maximum absolute atomic E-state index is 13.7. The topological polar surface area (TPSA) is 91.1 Å². The molecule has 0 radical (unpaired) electrons. The summed E-state index contributed by atoms with van der Waals surface area (Å²) in [6, 6.07) is 3.18. The van der Waals surface area contributed by atoms with Gasteiger partial charge >= 0.3 is 5.69 Å². The zero-order chi connectivity index (χ0) is 20.9. The monoisotopic (exact) mass is 404 g/mol. The molecule has 1 unspecified atom stereocenters. The van der Waals surface area contributed by atoms with Gasteiger partial charge in [-0.3, -0.25) is 18.5 Å². The standard InChI is InChI=1S/C19H22F2N6O2/c1-24-16-15(17(28)25(2)19(24)29)27(9-11-6-12(20)8-13(21)7-11)18(23-16)26-5-3-4-14(22)10-26/h6-8,14H,3-5,9-10,22H2,1-2H3. The first-order valence-electron chi connectivity index (χ1n) is 9.38. The van der Waals surface area contributed by atoms with Gasteiger partial charge in [0.05, 0.1) is 6.54 Å². The van der Waals surface area contributed by atoms with Gasteiger partial charge in [0.25, 0.3) is 5.56 Å². The summed E-state index contributed by atoms with van der Waals surface area (Å²) >= 11 is 0. The van der Waals surface area contributed by atoms with Gasteiger partial charge in [0.15, 0.2) is 11.2 Å². The van der Waals surface area contributed by atoms with Gasteiger partial charge < -0.3 is 10.6 Å². The molecule has 154 valence electrons. The van der Waals surface area contributed by atoms with Crippen LogP contribution in [-0.4, -0.2) is 37.8 Å². The summed E-state index contributed by atoms with van der Waals surface area (Å²) < 4.78 is 31.4. The lowest BCUT2D eigenvalue weighted by Crippen LogP contribution is -2.44. The molecule has 4 rings (SSSR count). The zero-order valence-corrected chi connectivity index (χ0v) is 16.2. The smallest absolute Gasteiger partial charge is 0.332 e. The highest BCUT2D eigenvalue weighted by atomic mass is 19.1. The van der Waals surface area contributed by atoms with E-state index in [1.165, 1.54) is 30.8 Å². The molecule has 29 heavy (non-hydrogen) atoms. The van der Waals surface area contributed by atoms with Crippen molar-refractivity contribution in [3.8, 4) is 0 Å². The van der Waals surface area contributed by atoms with Crippen LogP contribution in [0.25, 0.3) is 11.2 Å². The Balaban J connectivity index is 1.97. The molecule has 0 saturated carbocycles. The number of fused-ring (bicyclic) bond motifs is 1. The highest BCUT2D eigenvalue weighted by Gasteiger charge is 2.26. The maximum atomic E-state index is 13.7. The van der Waals surface area contributed by atoms with Crippen LogP contribution < -0.4 is 21.9 Å². The second kappa shape index (κ2) is 7.11. The quantitative estimate of drug-likeness (QED) is 0.694. The summed E-state index contributed by atoms with van der Waals surface area (Å²) in [5.74, 6) is -0.948. The van der Waals surface area contributed by atoms with E-state index in [0.717, 1.165) is 23.5 Å². The first-order valence-corrected chi connectivity index (χ1v) is 9.38. The lowest BCUT2D eigenvalue weighted by molar-refractivity contribution is 0.495. The van der Waals surface area contributed by atoms with E-state index in [0.29, 0.717) is 24.6 Å². The van der Waals surface area contributed by atoms with Crippen LogP contribution in [0.2, 0.25) is 0 Å². The van der Waals surface area contributed by atoms with E-state index >= 15 is 0 Å². The number of halogens is 2. The molecule has 2 aromatic heterocycles. The van der Waals surface area contributed by atoms with Crippen LogP contribution in [0, 0.1) is 11.6 Å². The number of piperidine rings is 1. The van der Waals surface area contributed by atoms with Crippen LogP contribution in [0.15, 0.2) is 27.8 Å². The van der Waals surface area contributed by atoms with Crippen molar-refractivity contribution in [3.63, 3.8) is 0 Å². The molecule has 0 aliphatic carbocycles. The van der Waals surface area contributed by atoms with Crippen molar-refractivity contribution in [2.45, 2.75) is 25.4 Å². The fourth-order valence-corrected chi connectivity index (χ4v) is 3.90. The summed E-state index contributed by atoms with van der Waals surface area (Å²) in [5, 5.41) is 0. The third-order valence-electron chi connectivity index (χ3n) is 5.33. The van der Waals surface area contributed by atoms with E-state index in [4.69, 9.17) is 5.73 Å². The summed E-state index contributed by atoms with van der Waals surface area (Å²) in [5.41, 5.74) is 5.88. The average molecular weight is 404 g/mol. The minimum Gasteiger partial charge on any atom is -0.341 e. The van der Waals surface area contributed by atoms with Crippen molar-refractivity contribution in [2.24, 2.45) is 19.8 Å². The number of nitrogens with two attached hydrogens (primary N) is 1. The Morgan fingerprint density at radius 1 is 1.14 bits per heavy atom. The Hall–Kier alpha value is -3.01. The number of hydrogen-bond acceptors (Lipinski definition) is 5. The highest BCUT2D eigenvalue weighted by molar-refractivity contribution is 5.75. The molecule has 0 amide bonds. The fraction of sp³-hybridized carbons (Fsp3) is 0.421. The third-order valence-corrected chi connectivity index (χ3v) is 5.33. The van der Waals surface area contributed by atoms with E-state index in [9.17, 15) is 18.4 Å². The Labute approximate surface area is 164 Å². The molecule has 3 heterocycles. The van der Waals surface area contributed by atoms with Crippen LogP contribution in [0.3, 0.4) is 0 Å². The van der Waals surface area contributed by atoms with Crippen LogP contribution in [0.4, 0.5) is 14.7 Å². The van der Waals surface area contributed by atoms with Crippen molar-refractivity contribution in [1.82, 2.24) is 18.7 Å². The number of hydrogen-bond donors (Lipinski definition) is 1. The Bertz CT molecular complexity index is 1190. The molecule has 1 fully saturated rings. The van der Waals surface area contributed by atoms with E-state index < -0.39 is 22.9 Å². The van der Waals surface area contributed by atoms with Gasteiger partial charge in [0, 0.05) is 39.3 Å². The van der Waals surface area contributed by atoms with E-state index in [-0.39, 0.29) is 23.8 Å². The maximum Gasteiger partial charge on any atom is 0.332 e. The van der Waals surface area contributed by atoms with Crippen molar-refractivity contribution in [2.75, 3.05) is 18.0 Å². The number of imidazole rings is 1. The van der Waals surface area contributed by atoms with Gasteiger partial charge in [0.2, 0.25) is 5.95 Å². The van der Waals surface area contributed by atoms with Crippen LogP contribution >= 0.6 is 0 Å². The SMILES string of the molecule is Cn1c(=O)c2c(nc(N3CCCC(N)C3)n2Cc2cc(F)cc(F)c2)n(C)c1=O. The van der Waals surface area contributed by atoms with Crippen molar-refractivity contribution in [3.05, 3.63) is 56.2 Å². The molecule has 2 N–H and O–H groups in total. The molecule has 1 aromatic carbocycles. The highest BCUT2D eigenvalue weighted by Crippen LogP contribution is 2.24. The van der Waals surface area contributed by atoms with Crippen LogP contribution in [0.1, 0.15) is 18.4 Å². The van der Waals surface area contributed by atoms with Crippen molar-refractivity contribution < 1.29 is 8.78 Å². The second-order valence-corrected chi connectivity index (χ2v) is 7.50. The lowest BCUT2D eigenvalue weighted by atomic mass is 10.1. The predicted octanol–water partition coefficient (Wildman–Crippen LogP) is 0.688. The normalized spacial score (nSPS) is 17.3. The number of aromatic nitrogens is 4. The molecule has 8 nitrogen and oxygen atoms in total. The molecule has 0 bridgehead atoms. The molecular formula is C19H22F2N6O2. The first kappa shape index (κ1) is 19.3. The van der Waals surface area contributed by atoms with Gasteiger partial charge in [-0.25, -0.2) is 13.6 Å². The molecule has 1 saturated heterocycles. The van der Waals surface area contributed by atoms with Crippen LogP contribution in [0.5, 0.6) is 0 Å². The number of rotatable bonds is 3. The number of benzene rings is 1. The number of anilines is 1. The molecule has 3 aromatic rings. The average Bonchev–Trinajstić information content (AvgIpc) is 3.03. The molecular weight excluding hydrogens is 382 g/mol. The Morgan fingerprint density at radius 3 is 2.48 bits per heavy atom. The summed E-state index contributed by atoms with van der Waals surface area (Å²) in [6.07, 6.45) is 1.74. The van der Waals surface area contributed by atoms with E-state index in [2.05, 4.69) is 4.98 Å². The summed E-state index contributed by atoms with van der Waals surface area (Å²) in [4.78, 5) is 31.8. The second-order valence-electron chi connectivity index (χ2n) is 7.50. The fourth-order valence-electron chi connectivity index (χ4n) is 3.90. The van der Waals surface area contributed by atoms with Crippen molar-refractivity contribution >= 4 is 17.1 Å². The first-order chi connectivity index (χ1) is 13.8.